The predicted molar refractivity (Wildman–Crippen MR) is 79.1 cm³/mol. The summed E-state index contributed by atoms with van der Waals surface area (Å²) in [5.41, 5.74) is -0.0291. The zero-order valence-corrected chi connectivity index (χ0v) is 13.2. The molecule has 9 heteroatoms. The minimum atomic E-state index is -3.79. The summed E-state index contributed by atoms with van der Waals surface area (Å²) < 4.78 is 26.5. The third-order valence-corrected chi connectivity index (χ3v) is 5.69. The first kappa shape index (κ1) is 16.2. The highest BCUT2D eigenvalue weighted by molar-refractivity contribution is 7.89. The largest absolute Gasteiger partial charge is 0.312 e. The molecule has 1 aliphatic rings. The van der Waals surface area contributed by atoms with Gasteiger partial charge in [-0.2, -0.15) is 4.31 Å². The molecule has 116 valence electrons. The van der Waals surface area contributed by atoms with Crippen molar-refractivity contribution in [2.45, 2.75) is 24.8 Å². The van der Waals surface area contributed by atoms with Crippen molar-refractivity contribution in [3.63, 3.8) is 0 Å². The first-order valence-corrected chi connectivity index (χ1v) is 8.23. The van der Waals surface area contributed by atoms with E-state index in [0.717, 1.165) is 6.07 Å². The molecule has 21 heavy (non-hydrogen) atoms. The van der Waals surface area contributed by atoms with Gasteiger partial charge in [-0.3, -0.25) is 10.1 Å². The summed E-state index contributed by atoms with van der Waals surface area (Å²) in [7, 11) is -3.79. The van der Waals surface area contributed by atoms with Gasteiger partial charge in [0.1, 0.15) is 0 Å². The van der Waals surface area contributed by atoms with Gasteiger partial charge in [0.2, 0.25) is 10.0 Å². The number of hydrogen-bond acceptors (Lipinski definition) is 5. The number of nitrogens with zero attached hydrogens (tertiary/aromatic N) is 2. The number of rotatable bonds is 3. The highest BCUT2D eigenvalue weighted by atomic mass is 35.5. The molecule has 0 aliphatic carbocycles. The van der Waals surface area contributed by atoms with E-state index >= 15 is 0 Å². The van der Waals surface area contributed by atoms with E-state index in [1.807, 2.05) is 6.92 Å². The van der Waals surface area contributed by atoms with Crippen LogP contribution >= 0.6 is 11.6 Å². The van der Waals surface area contributed by atoms with Gasteiger partial charge in [-0.25, -0.2) is 8.42 Å². The number of nitro benzene ring substituents is 1. The fourth-order valence-corrected chi connectivity index (χ4v) is 4.10. The Morgan fingerprint density at radius 1 is 1.48 bits per heavy atom. The zero-order chi connectivity index (χ0) is 15.8. The zero-order valence-electron chi connectivity index (χ0n) is 11.7. The number of hydrogen-bond donors (Lipinski definition) is 1. The molecule has 1 fully saturated rings. The average Bonchev–Trinajstić information content (AvgIpc) is 2.41. The van der Waals surface area contributed by atoms with Crippen LogP contribution in [0.5, 0.6) is 0 Å². The molecule has 1 aliphatic heterocycles. The summed E-state index contributed by atoms with van der Waals surface area (Å²) in [6.07, 6.45) is 0. The van der Waals surface area contributed by atoms with Gasteiger partial charge in [0, 0.05) is 37.3 Å². The van der Waals surface area contributed by atoms with Crippen LogP contribution in [0.25, 0.3) is 0 Å². The van der Waals surface area contributed by atoms with E-state index in [-0.39, 0.29) is 27.2 Å². The highest BCUT2D eigenvalue weighted by Crippen LogP contribution is 2.31. The van der Waals surface area contributed by atoms with Gasteiger partial charge in [-0.05, 0) is 19.9 Å². The normalized spacial score (nSPS) is 20.4. The monoisotopic (exact) mass is 333 g/mol. The van der Waals surface area contributed by atoms with Crippen LogP contribution in [-0.4, -0.2) is 43.3 Å². The molecule has 0 bridgehead atoms. The summed E-state index contributed by atoms with van der Waals surface area (Å²) >= 11 is 5.94. The van der Waals surface area contributed by atoms with E-state index in [9.17, 15) is 18.5 Å². The molecule has 0 spiro atoms. The summed E-state index contributed by atoms with van der Waals surface area (Å²) in [4.78, 5) is 10.2. The van der Waals surface area contributed by atoms with Crippen molar-refractivity contribution in [1.29, 1.82) is 0 Å². The summed E-state index contributed by atoms with van der Waals surface area (Å²) in [6, 6.07) is 2.37. The quantitative estimate of drug-likeness (QED) is 0.669. The molecule has 1 atom stereocenters. The number of nitro groups is 1. The Morgan fingerprint density at radius 2 is 2.14 bits per heavy atom. The first-order valence-electron chi connectivity index (χ1n) is 6.41. The van der Waals surface area contributed by atoms with E-state index in [2.05, 4.69) is 5.32 Å². The van der Waals surface area contributed by atoms with E-state index < -0.39 is 14.9 Å². The van der Waals surface area contributed by atoms with Gasteiger partial charge in [0.15, 0.2) is 0 Å². The molecular weight excluding hydrogens is 318 g/mol. The van der Waals surface area contributed by atoms with E-state index in [0.29, 0.717) is 19.6 Å². The van der Waals surface area contributed by atoms with Crippen molar-refractivity contribution in [3.8, 4) is 0 Å². The number of sulfonamides is 1. The Bertz CT molecular complexity index is 677. The molecule has 1 heterocycles. The Balaban J connectivity index is 2.47. The summed E-state index contributed by atoms with van der Waals surface area (Å²) in [5, 5.41) is 14.2. The standard InChI is InChI=1S/C12H16ClN3O4S/c1-8-7-15(4-3-14-8)21(19,20)10-5-11(13)9(2)12(6-10)16(17)18/h5-6,8,14H,3-4,7H2,1-2H3/t8-/m0/s1. The van der Waals surface area contributed by atoms with Gasteiger partial charge in [-0.15, -0.1) is 0 Å². The maximum atomic E-state index is 12.6. The molecule has 0 saturated carbocycles. The fourth-order valence-electron chi connectivity index (χ4n) is 2.24. The third-order valence-electron chi connectivity index (χ3n) is 3.46. The minimum absolute atomic E-state index is 0.0319. The number of piperazine rings is 1. The minimum Gasteiger partial charge on any atom is -0.312 e. The van der Waals surface area contributed by atoms with E-state index in [4.69, 9.17) is 11.6 Å². The second-order valence-electron chi connectivity index (χ2n) is 5.02. The molecule has 1 aromatic carbocycles. The van der Waals surface area contributed by atoms with Crippen LogP contribution in [0.3, 0.4) is 0 Å². The number of halogens is 1. The van der Waals surface area contributed by atoms with Crippen LogP contribution in [0.4, 0.5) is 5.69 Å². The van der Waals surface area contributed by atoms with Crippen molar-refractivity contribution >= 4 is 27.3 Å². The van der Waals surface area contributed by atoms with Crippen molar-refractivity contribution in [3.05, 3.63) is 32.8 Å². The maximum Gasteiger partial charge on any atom is 0.275 e. The first-order chi connectivity index (χ1) is 9.73. The molecule has 0 unspecified atom stereocenters. The Hall–Kier alpha value is -1.22. The van der Waals surface area contributed by atoms with Crippen molar-refractivity contribution in [2.75, 3.05) is 19.6 Å². The lowest BCUT2D eigenvalue weighted by Gasteiger charge is -2.31. The molecule has 2 rings (SSSR count). The molecule has 0 aromatic heterocycles. The van der Waals surface area contributed by atoms with Crippen LogP contribution in [0, 0.1) is 17.0 Å². The second-order valence-corrected chi connectivity index (χ2v) is 7.37. The Kier molecular flexibility index (Phi) is 4.52. The average molecular weight is 334 g/mol. The van der Waals surface area contributed by atoms with Crippen LogP contribution in [0.1, 0.15) is 12.5 Å². The smallest absolute Gasteiger partial charge is 0.275 e. The van der Waals surface area contributed by atoms with E-state index in [1.54, 1.807) is 0 Å². The summed E-state index contributed by atoms with van der Waals surface area (Å²) in [6.45, 7) is 4.56. The van der Waals surface area contributed by atoms with Gasteiger partial charge in [-0.1, -0.05) is 11.6 Å². The molecule has 1 N–H and O–H groups in total. The van der Waals surface area contributed by atoms with Crippen LogP contribution in [-0.2, 0) is 10.0 Å². The van der Waals surface area contributed by atoms with E-state index in [1.165, 1.54) is 17.3 Å². The van der Waals surface area contributed by atoms with Crippen LogP contribution in [0.15, 0.2) is 17.0 Å². The van der Waals surface area contributed by atoms with Gasteiger partial charge in [0.05, 0.1) is 14.8 Å². The highest BCUT2D eigenvalue weighted by Gasteiger charge is 2.30. The lowest BCUT2D eigenvalue weighted by atomic mass is 10.2. The maximum absolute atomic E-state index is 12.6. The predicted octanol–water partition coefficient (Wildman–Crippen LogP) is 1.54. The van der Waals surface area contributed by atoms with Crippen molar-refractivity contribution in [2.24, 2.45) is 0 Å². The van der Waals surface area contributed by atoms with Crippen molar-refractivity contribution in [1.82, 2.24) is 9.62 Å². The van der Waals surface area contributed by atoms with Gasteiger partial charge in [0.25, 0.3) is 5.69 Å². The van der Waals surface area contributed by atoms with Crippen molar-refractivity contribution < 1.29 is 13.3 Å². The Labute approximate surface area is 128 Å². The number of benzene rings is 1. The third kappa shape index (κ3) is 3.18. The lowest BCUT2D eigenvalue weighted by molar-refractivity contribution is -0.385. The molecule has 0 radical (unpaired) electrons. The molecule has 1 aromatic rings. The molecule has 7 nitrogen and oxygen atoms in total. The Morgan fingerprint density at radius 3 is 2.71 bits per heavy atom. The van der Waals surface area contributed by atoms with Gasteiger partial charge < -0.3 is 5.32 Å². The second kappa shape index (κ2) is 5.88. The fraction of sp³-hybridized carbons (Fsp3) is 0.500. The lowest BCUT2D eigenvalue weighted by Crippen LogP contribution is -2.51. The van der Waals surface area contributed by atoms with Crippen LogP contribution < -0.4 is 5.32 Å². The van der Waals surface area contributed by atoms with Gasteiger partial charge >= 0.3 is 0 Å². The number of nitrogens with one attached hydrogen (secondary N) is 1. The SMILES string of the molecule is Cc1c(Cl)cc(S(=O)(=O)N2CCN[C@@H](C)C2)cc1[N+](=O)[O-]. The summed E-state index contributed by atoms with van der Waals surface area (Å²) in [5.74, 6) is 0. The van der Waals surface area contributed by atoms with Crippen LogP contribution in [0.2, 0.25) is 5.02 Å². The molecule has 1 saturated heterocycles. The topological polar surface area (TPSA) is 92.6 Å². The molecule has 0 amide bonds. The molecular formula is C12H16ClN3O4S.